The van der Waals surface area contributed by atoms with Crippen molar-refractivity contribution in [1.82, 2.24) is 4.90 Å². The molecule has 1 aliphatic heterocycles. The largest absolute Gasteiger partial charge is 0.452 e. The van der Waals surface area contributed by atoms with Gasteiger partial charge in [-0.1, -0.05) is 26.0 Å². The molecule has 30 heavy (non-hydrogen) atoms. The minimum absolute atomic E-state index is 0.0262. The van der Waals surface area contributed by atoms with Gasteiger partial charge in [0.2, 0.25) is 0 Å². The lowest BCUT2D eigenvalue weighted by Gasteiger charge is -2.14. The summed E-state index contributed by atoms with van der Waals surface area (Å²) in [6.45, 7) is 3.67. The molecule has 156 valence electrons. The lowest BCUT2D eigenvalue weighted by Crippen LogP contribution is -2.31. The fraction of sp³-hybridized carbons (Fsp3) is 0.273. The quantitative estimate of drug-likeness (QED) is 0.557. The topological polar surface area (TPSA) is 92.8 Å². The third-order valence-electron chi connectivity index (χ3n) is 4.62. The molecule has 0 radical (unpaired) electrons. The van der Waals surface area contributed by atoms with Crippen LogP contribution in [0.3, 0.4) is 0 Å². The molecule has 3 rings (SSSR count). The molecule has 7 nitrogen and oxygen atoms in total. The summed E-state index contributed by atoms with van der Waals surface area (Å²) in [6, 6.07) is 9.67. The molecule has 8 heteroatoms. The number of imide groups is 1. The van der Waals surface area contributed by atoms with Crippen molar-refractivity contribution < 1.29 is 28.3 Å². The molecule has 0 bridgehead atoms. The Kier molecular flexibility index (Phi) is 6.25. The van der Waals surface area contributed by atoms with Crippen LogP contribution in [0.25, 0.3) is 0 Å². The number of amides is 3. The van der Waals surface area contributed by atoms with E-state index in [1.54, 1.807) is 6.07 Å². The second-order valence-electron chi connectivity index (χ2n) is 7.31. The predicted molar refractivity (Wildman–Crippen MR) is 107 cm³/mol. The number of anilines is 1. The zero-order valence-corrected chi connectivity index (χ0v) is 16.6. The first-order chi connectivity index (χ1) is 14.3. The number of carbonyl (C=O) groups excluding carboxylic acids is 4. The molecule has 2 aromatic rings. The van der Waals surface area contributed by atoms with Gasteiger partial charge in [0, 0.05) is 6.54 Å². The van der Waals surface area contributed by atoms with E-state index in [0.717, 1.165) is 0 Å². The number of nitrogens with one attached hydrogen (secondary N) is 1. The zero-order valence-electron chi connectivity index (χ0n) is 16.6. The van der Waals surface area contributed by atoms with E-state index in [0.29, 0.717) is 18.9 Å². The van der Waals surface area contributed by atoms with E-state index in [2.05, 4.69) is 5.32 Å². The summed E-state index contributed by atoms with van der Waals surface area (Å²) in [6.07, 6.45) is 0.678. The molecule has 1 N–H and O–H groups in total. The van der Waals surface area contributed by atoms with Gasteiger partial charge in [-0.05, 0) is 42.7 Å². The molecule has 1 heterocycles. The van der Waals surface area contributed by atoms with Crippen LogP contribution in [-0.4, -0.2) is 41.7 Å². The Morgan fingerprint density at radius 2 is 1.77 bits per heavy atom. The molecule has 1 aliphatic rings. The van der Waals surface area contributed by atoms with E-state index in [-0.39, 0.29) is 28.3 Å². The van der Waals surface area contributed by atoms with Gasteiger partial charge in [0.05, 0.1) is 22.4 Å². The van der Waals surface area contributed by atoms with Crippen LogP contribution in [0.4, 0.5) is 10.1 Å². The average Bonchev–Trinajstić information content (AvgIpc) is 2.96. The molecule has 0 fully saturated rings. The molecular formula is C22H21FN2O5. The SMILES string of the molecule is CC(C)CCN1C(=O)c2ccc(C(=O)OCC(=O)Nc3ccccc3F)cc2C1=O. The van der Waals surface area contributed by atoms with Crippen LogP contribution in [0.15, 0.2) is 42.5 Å². The van der Waals surface area contributed by atoms with E-state index in [1.165, 1.54) is 41.3 Å². The maximum absolute atomic E-state index is 13.6. The van der Waals surface area contributed by atoms with Gasteiger partial charge < -0.3 is 10.1 Å². The van der Waals surface area contributed by atoms with Gasteiger partial charge >= 0.3 is 5.97 Å². The Bertz CT molecular complexity index is 1020. The number of para-hydroxylation sites is 1. The lowest BCUT2D eigenvalue weighted by atomic mass is 10.1. The van der Waals surface area contributed by atoms with E-state index in [9.17, 15) is 23.6 Å². The van der Waals surface area contributed by atoms with Crippen LogP contribution < -0.4 is 5.32 Å². The summed E-state index contributed by atoms with van der Waals surface area (Å²) in [5.41, 5.74) is 0.382. The predicted octanol–water partition coefficient (Wildman–Crippen LogP) is 3.26. The molecule has 0 aliphatic carbocycles. The van der Waals surface area contributed by atoms with Gasteiger partial charge in [-0.3, -0.25) is 19.3 Å². The molecule has 3 amide bonds. The van der Waals surface area contributed by atoms with Crippen LogP contribution in [0, 0.1) is 11.7 Å². The van der Waals surface area contributed by atoms with Crippen molar-refractivity contribution in [2.45, 2.75) is 20.3 Å². The lowest BCUT2D eigenvalue weighted by molar-refractivity contribution is -0.119. The highest BCUT2D eigenvalue weighted by Crippen LogP contribution is 2.25. The normalized spacial score (nSPS) is 12.9. The Labute approximate surface area is 172 Å². The van der Waals surface area contributed by atoms with Crippen molar-refractivity contribution in [1.29, 1.82) is 0 Å². The number of esters is 1. The summed E-state index contributed by atoms with van der Waals surface area (Å²) in [5, 5.41) is 2.30. The van der Waals surface area contributed by atoms with Crippen molar-refractivity contribution in [2.24, 2.45) is 5.92 Å². The van der Waals surface area contributed by atoms with Crippen molar-refractivity contribution in [3.05, 3.63) is 65.0 Å². The number of hydrogen-bond acceptors (Lipinski definition) is 5. The van der Waals surface area contributed by atoms with Crippen molar-refractivity contribution in [3.8, 4) is 0 Å². The van der Waals surface area contributed by atoms with Crippen LogP contribution in [-0.2, 0) is 9.53 Å². The minimum Gasteiger partial charge on any atom is -0.452 e. The fourth-order valence-corrected chi connectivity index (χ4v) is 2.97. The number of nitrogens with zero attached hydrogens (tertiary/aromatic N) is 1. The summed E-state index contributed by atoms with van der Waals surface area (Å²) in [7, 11) is 0. The summed E-state index contributed by atoms with van der Waals surface area (Å²) in [5.74, 6) is -2.66. The maximum Gasteiger partial charge on any atom is 0.338 e. The van der Waals surface area contributed by atoms with Crippen molar-refractivity contribution in [3.63, 3.8) is 0 Å². The molecule has 0 saturated heterocycles. The number of ether oxygens (including phenoxy) is 1. The van der Waals surface area contributed by atoms with Crippen LogP contribution in [0.1, 0.15) is 51.3 Å². The average molecular weight is 412 g/mol. The monoisotopic (exact) mass is 412 g/mol. The van der Waals surface area contributed by atoms with E-state index in [1.807, 2.05) is 13.8 Å². The standard InChI is InChI=1S/C22H21FN2O5/c1-13(2)9-10-25-20(27)15-8-7-14(11-16(15)21(25)28)22(29)30-12-19(26)24-18-6-4-3-5-17(18)23/h3-8,11,13H,9-10,12H2,1-2H3,(H,24,26). The van der Waals surface area contributed by atoms with Crippen molar-refractivity contribution >= 4 is 29.4 Å². The fourth-order valence-electron chi connectivity index (χ4n) is 2.97. The third kappa shape index (κ3) is 4.53. The van der Waals surface area contributed by atoms with Gasteiger partial charge in [-0.15, -0.1) is 0 Å². The number of carbonyl (C=O) groups is 4. The number of hydrogen-bond donors (Lipinski definition) is 1. The second-order valence-corrected chi connectivity index (χ2v) is 7.31. The van der Waals surface area contributed by atoms with Crippen molar-refractivity contribution in [2.75, 3.05) is 18.5 Å². The first kappa shape index (κ1) is 21.2. The minimum atomic E-state index is -0.831. The number of rotatable bonds is 7. The Morgan fingerprint density at radius 1 is 1.07 bits per heavy atom. The van der Waals surface area contributed by atoms with Crippen LogP contribution in [0.5, 0.6) is 0 Å². The van der Waals surface area contributed by atoms with Gasteiger partial charge in [0.15, 0.2) is 6.61 Å². The number of fused-ring (bicyclic) bond motifs is 1. The Hall–Kier alpha value is -3.55. The van der Waals surface area contributed by atoms with E-state index >= 15 is 0 Å². The highest BCUT2D eigenvalue weighted by atomic mass is 19.1. The smallest absolute Gasteiger partial charge is 0.338 e. The maximum atomic E-state index is 13.6. The summed E-state index contributed by atoms with van der Waals surface area (Å²) < 4.78 is 18.5. The van der Waals surface area contributed by atoms with Gasteiger partial charge in [-0.25, -0.2) is 9.18 Å². The highest BCUT2D eigenvalue weighted by molar-refractivity contribution is 6.22. The van der Waals surface area contributed by atoms with Crippen LogP contribution >= 0.6 is 0 Å². The Morgan fingerprint density at radius 3 is 2.47 bits per heavy atom. The molecule has 0 spiro atoms. The molecule has 0 saturated carbocycles. The van der Waals surface area contributed by atoms with E-state index in [4.69, 9.17) is 4.74 Å². The van der Waals surface area contributed by atoms with Gasteiger partial charge in [-0.2, -0.15) is 0 Å². The molecular weight excluding hydrogens is 391 g/mol. The molecule has 2 aromatic carbocycles. The second kappa shape index (κ2) is 8.86. The molecule has 0 unspecified atom stereocenters. The number of halogens is 1. The summed E-state index contributed by atoms with van der Waals surface area (Å²) in [4.78, 5) is 50.3. The highest BCUT2D eigenvalue weighted by Gasteiger charge is 2.35. The molecule has 0 aromatic heterocycles. The number of benzene rings is 2. The Balaban J connectivity index is 1.63. The molecule has 0 atom stereocenters. The van der Waals surface area contributed by atoms with Gasteiger partial charge in [0.1, 0.15) is 5.82 Å². The first-order valence-corrected chi connectivity index (χ1v) is 9.49. The first-order valence-electron chi connectivity index (χ1n) is 9.49. The summed E-state index contributed by atoms with van der Waals surface area (Å²) >= 11 is 0. The van der Waals surface area contributed by atoms with Gasteiger partial charge in [0.25, 0.3) is 17.7 Å². The van der Waals surface area contributed by atoms with E-state index < -0.39 is 30.2 Å². The third-order valence-corrected chi connectivity index (χ3v) is 4.62. The van der Waals surface area contributed by atoms with Crippen LogP contribution in [0.2, 0.25) is 0 Å². The zero-order chi connectivity index (χ0) is 21.8.